The third kappa shape index (κ3) is 5.84. The Morgan fingerprint density at radius 3 is 2.48 bits per heavy atom. The highest BCUT2D eigenvalue weighted by atomic mass is 79.9. The van der Waals surface area contributed by atoms with Gasteiger partial charge in [-0.15, -0.1) is 0 Å². The Morgan fingerprint density at radius 1 is 1.06 bits per heavy atom. The molecule has 0 heterocycles. The van der Waals surface area contributed by atoms with Gasteiger partial charge in [-0.05, 0) is 48.5 Å². The topological polar surface area (TPSA) is 100 Å². The molecule has 7 nitrogen and oxygen atoms in total. The number of carbonyl (C=O) groups is 2. The van der Waals surface area contributed by atoms with Crippen LogP contribution in [0.25, 0.3) is 0 Å². The van der Waals surface area contributed by atoms with E-state index in [9.17, 15) is 14.7 Å². The maximum Gasteiger partial charge on any atom is 0.271 e. The quantitative estimate of drug-likeness (QED) is 0.332. The molecule has 2 amide bonds. The zero-order valence-electron chi connectivity index (χ0n) is 16.2. The summed E-state index contributed by atoms with van der Waals surface area (Å²) in [7, 11) is 1.43. The number of nitrogens with zero attached hydrogens (tertiary/aromatic N) is 1. The average molecular weight is 503 g/mol. The van der Waals surface area contributed by atoms with Crippen LogP contribution in [-0.4, -0.2) is 30.2 Å². The third-order valence-electron chi connectivity index (χ3n) is 4.13. The molecule has 0 saturated heterocycles. The molecule has 0 unspecified atom stereocenters. The number of amides is 2. The molecule has 3 aromatic carbocycles. The number of phenolic OH excluding ortho intramolecular Hbond substituents is 1. The minimum absolute atomic E-state index is 0.102. The van der Waals surface area contributed by atoms with Crippen LogP contribution in [-0.2, 0) is 0 Å². The van der Waals surface area contributed by atoms with E-state index in [1.165, 1.54) is 19.4 Å². The Morgan fingerprint density at radius 2 is 1.77 bits per heavy atom. The van der Waals surface area contributed by atoms with Crippen LogP contribution in [0.2, 0.25) is 5.02 Å². The van der Waals surface area contributed by atoms with E-state index in [0.717, 1.165) is 0 Å². The highest BCUT2D eigenvalue weighted by Gasteiger charge is 2.11. The van der Waals surface area contributed by atoms with Crippen LogP contribution in [0.1, 0.15) is 26.3 Å². The van der Waals surface area contributed by atoms with Gasteiger partial charge in [-0.25, -0.2) is 5.43 Å². The number of phenols is 1. The number of anilines is 1. The first kappa shape index (κ1) is 22.3. The summed E-state index contributed by atoms with van der Waals surface area (Å²) in [5.41, 5.74) is 3.87. The lowest BCUT2D eigenvalue weighted by Gasteiger charge is -2.08. The Kier molecular flexibility index (Phi) is 7.28. The highest BCUT2D eigenvalue weighted by molar-refractivity contribution is 9.10. The predicted octanol–water partition coefficient (Wildman–Crippen LogP) is 4.83. The molecule has 31 heavy (non-hydrogen) atoms. The van der Waals surface area contributed by atoms with Crippen molar-refractivity contribution in [2.75, 3.05) is 12.4 Å². The van der Waals surface area contributed by atoms with Crippen molar-refractivity contribution in [1.29, 1.82) is 0 Å². The smallest absolute Gasteiger partial charge is 0.271 e. The van der Waals surface area contributed by atoms with E-state index in [0.29, 0.717) is 26.3 Å². The Labute approximate surface area is 191 Å². The van der Waals surface area contributed by atoms with Crippen LogP contribution in [0.5, 0.6) is 11.5 Å². The van der Waals surface area contributed by atoms with Crippen molar-refractivity contribution in [2.45, 2.75) is 0 Å². The van der Waals surface area contributed by atoms with Crippen LogP contribution < -0.4 is 15.5 Å². The van der Waals surface area contributed by atoms with E-state index in [2.05, 4.69) is 31.8 Å². The van der Waals surface area contributed by atoms with Crippen molar-refractivity contribution < 1.29 is 19.4 Å². The molecule has 0 spiro atoms. The average Bonchev–Trinajstić information content (AvgIpc) is 2.76. The molecular formula is C22H17BrClN3O4. The van der Waals surface area contributed by atoms with Gasteiger partial charge in [-0.2, -0.15) is 5.10 Å². The number of hydrogen-bond donors (Lipinski definition) is 3. The third-order valence-corrected chi connectivity index (χ3v) is 4.82. The van der Waals surface area contributed by atoms with E-state index in [4.69, 9.17) is 16.3 Å². The van der Waals surface area contributed by atoms with E-state index >= 15 is 0 Å². The van der Waals surface area contributed by atoms with E-state index in [1.54, 1.807) is 54.6 Å². The molecule has 0 fully saturated rings. The number of aromatic hydroxyl groups is 1. The van der Waals surface area contributed by atoms with Gasteiger partial charge >= 0.3 is 0 Å². The maximum absolute atomic E-state index is 12.4. The lowest BCUT2D eigenvalue weighted by Crippen LogP contribution is -2.18. The molecule has 0 aromatic heterocycles. The first-order valence-corrected chi connectivity index (χ1v) is 10.1. The number of nitrogens with one attached hydrogen (secondary N) is 2. The monoisotopic (exact) mass is 501 g/mol. The Balaban J connectivity index is 1.68. The number of carbonyl (C=O) groups excluding carboxylic acids is 2. The number of ether oxygens (including phenoxy) is 1. The number of halogens is 2. The summed E-state index contributed by atoms with van der Waals surface area (Å²) in [4.78, 5) is 24.8. The number of hydrogen-bond acceptors (Lipinski definition) is 5. The van der Waals surface area contributed by atoms with Gasteiger partial charge in [-0.3, -0.25) is 9.59 Å². The molecule has 0 saturated carbocycles. The van der Waals surface area contributed by atoms with E-state index in [1.807, 2.05) is 0 Å². The fraction of sp³-hybridized carbons (Fsp3) is 0.0455. The van der Waals surface area contributed by atoms with Crippen molar-refractivity contribution >= 4 is 51.2 Å². The number of hydrazone groups is 1. The summed E-state index contributed by atoms with van der Waals surface area (Å²) in [6.45, 7) is 0. The largest absolute Gasteiger partial charge is 0.504 e. The minimum atomic E-state index is -0.489. The summed E-state index contributed by atoms with van der Waals surface area (Å²) in [6, 6.07) is 16.2. The molecule has 0 aliphatic carbocycles. The Hall–Kier alpha value is -3.36. The van der Waals surface area contributed by atoms with Gasteiger partial charge < -0.3 is 15.2 Å². The fourth-order valence-electron chi connectivity index (χ4n) is 2.64. The molecule has 3 aromatic rings. The zero-order chi connectivity index (χ0) is 22.4. The number of rotatable bonds is 6. The van der Waals surface area contributed by atoms with Crippen molar-refractivity contribution in [2.24, 2.45) is 5.10 Å². The zero-order valence-corrected chi connectivity index (χ0v) is 18.6. The molecular weight excluding hydrogens is 486 g/mol. The molecule has 0 aliphatic rings. The molecule has 3 rings (SSSR count). The standard InChI is InChI=1S/C22H17BrClN3O4/c1-31-19-11-16(23)8-15(20(19)28)12-25-27-22(30)14-5-3-7-18(10-14)26-21(29)13-4-2-6-17(24)9-13/h2-12,28H,1H3,(H,26,29)(H,27,30)/b25-12+. The van der Waals surface area contributed by atoms with Crippen molar-refractivity contribution in [3.05, 3.63) is 86.8 Å². The molecule has 3 N–H and O–H groups in total. The number of methoxy groups -OCH3 is 1. The van der Waals surface area contributed by atoms with E-state index in [-0.39, 0.29) is 23.0 Å². The molecule has 0 atom stereocenters. The maximum atomic E-state index is 12.4. The number of benzene rings is 3. The molecule has 0 bridgehead atoms. The summed E-state index contributed by atoms with van der Waals surface area (Å²) < 4.78 is 5.75. The minimum Gasteiger partial charge on any atom is -0.504 e. The SMILES string of the molecule is COc1cc(Br)cc(/C=N/NC(=O)c2cccc(NC(=O)c3cccc(Cl)c3)c2)c1O. The first-order chi connectivity index (χ1) is 14.9. The van der Waals surface area contributed by atoms with Gasteiger partial charge in [0.05, 0.1) is 13.3 Å². The van der Waals surface area contributed by atoms with Gasteiger partial charge in [-0.1, -0.05) is 39.7 Å². The first-order valence-electron chi connectivity index (χ1n) is 8.94. The molecule has 0 aliphatic heterocycles. The van der Waals surface area contributed by atoms with Crippen molar-refractivity contribution in [3.8, 4) is 11.5 Å². The lowest BCUT2D eigenvalue weighted by molar-refractivity contribution is 0.0953. The Bertz CT molecular complexity index is 1170. The van der Waals surface area contributed by atoms with Crippen molar-refractivity contribution in [1.82, 2.24) is 5.43 Å². The van der Waals surface area contributed by atoms with E-state index < -0.39 is 5.91 Å². The second-order valence-corrected chi connectivity index (χ2v) is 7.64. The van der Waals surface area contributed by atoms with Crippen molar-refractivity contribution in [3.63, 3.8) is 0 Å². The van der Waals surface area contributed by atoms with Gasteiger partial charge in [0.15, 0.2) is 11.5 Å². The predicted molar refractivity (Wildman–Crippen MR) is 123 cm³/mol. The fourth-order valence-corrected chi connectivity index (χ4v) is 3.29. The van der Waals surface area contributed by atoms with Gasteiger partial charge in [0.1, 0.15) is 0 Å². The van der Waals surface area contributed by atoms with Crippen LogP contribution in [0.4, 0.5) is 5.69 Å². The van der Waals surface area contributed by atoms with Gasteiger partial charge in [0, 0.05) is 31.9 Å². The van der Waals surface area contributed by atoms with Gasteiger partial charge in [0.2, 0.25) is 0 Å². The van der Waals surface area contributed by atoms with Crippen LogP contribution in [0.3, 0.4) is 0 Å². The molecule has 0 radical (unpaired) electrons. The van der Waals surface area contributed by atoms with Crippen LogP contribution in [0, 0.1) is 0 Å². The van der Waals surface area contributed by atoms with Gasteiger partial charge in [0.25, 0.3) is 11.8 Å². The summed E-state index contributed by atoms with van der Waals surface area (Å²) in [5.74, 6) is -0.673. The molecule has 158 valence electrons. The van der Waals surface area contributed by atoms with Crippen LogP contribution >= 0.6 is 27.5 Å². The highest BCUT2D eigenvalue weighted by Crippen LogP contribution is 2.32. The summed E-state index contributed by atoms with van der Waals surface area (Å²) in [6.07, 6.45) is 1.30. The molecule has 9 heteroatoms. The van der Waals surface area contributed by atoms with Crippen LogP contribution in [0.15, 0.2) is 70.2 Å². The second kappa shape index (κ2) is 10.1. The summed E-state index contributed by atoms with van der Waals surface area (Å²) >= 11 is 9.23. The second-order valence-electron chi connectivity index (χ2n) is 6.29. The summed E-state index contributed by atoms with van der Waals surface area (Å²) in [5, 5.41) is 17.2. The normalized spacial score (nSPS) is 10.7. The lowest BCUT2D eigenvalue weighted by atomic mass is 10.1.